The molecule has 0 amide bonds. The summed E-state index contributed by atoms with van der Waals surface area (Å²) >= 11 is 0. The quantitative estimate of drug-likeness (QED) is 0.631. The van der Waals surface area contributed by atoms with Crippen LogP contribution in [0.1, 0.15) is 5.56 Å². The molecule has 1 fully saturated rings. The van der Waals surface area contributed by atoms with Crippen LogP contribution < -0.4 is 0 Å². The lowest BCUT2D eigenvalue weighted by Crippen LogP contribution is -2.46. The van der Waals surface area contributed by atoms with Gasteiger partial charge in [-0.2, -0.15) is 4.31 Å². The van der Waals surface area contributed by atoms with Gasteiger partial charge in [0.1, 0.15) is 0 Å². The van der Waals surface area contributed by atoms with Crippen molar-refractivity contribution < 1.29 is 23.2 Å². The van der Waals surface area contributed by atoms with Gasteiger partial charge >= 0.3 is 0 Å². The lowest BCUT2D eigenvalue weighted by atomic mass is 10.2. The molecule has 21 heavy (non-hydrogen) atoms. The number of nitro groups is 1. The normalized spacial score (nSPS) is 20.4. The average molecular weight is 316 g/mol. The Hall–Kier alpha value is -1.55. The van der Waals surface area contributed by atoms with E-state index < -0.39 is 21.1 Å². The SMILES string of the molecule is Cc1c([N+](=O)[O-])cccc1S(=O)(=O)N1CCOC(CO)C1. The summed E-state index contributed by atoms with van der Waals surface area (Å²) in [5.41, 5.74) is -0.127. The molecule has 116 valence electrons. The van der Waals surface area contributed by atoms with Gasteiger partial charge in [0.15, 0.2) is 0 Å². The summed E-state index contributed by atoms with van der Waals surface area (Å²) in [6, 6.07) is 3.97. The minimum Gasteiger partial charge on any atom is -0.394 e. The number of nitro benzene ring substituents is 1. The van der Waals surface area contributed by atoms with Gasteiger partial charge in [0.2, 0.25) is 10.0 Å². The first-order valence-electron chi connectivity index (χ1n) is 6.34. The Bertz CT molecular complexity index is 645. The highest BCUT2D eigenvalue weighted by Crippen LogP contribution is 2.27. The first-order chi connectivity index (χ1) is 9.87. The van der Waals surface area contributed by atoms with Gasteiger partial charge in [-0.25, -0.2) is 8.42 Å². The van der Waals surface area contributed by atoms with Gasteiger partial charge in [0, 0.05) is 24.7 Å². The fourth-order valence-electron chi connectivity index (χ4n) is 2.24. The Balaban J connectivity index is 2.40. The molecular weight excluding hydrogens is 300 g/mol. The summed E-state index contributed by atoms with van der Waals surface area (Å²) in [4.78, 5) is 10.2. The maximum Gasteiger partial charge on any atom is 0.273 e. The monoisotopic (exact) mass is 316 g/mol. The summed E-state index contributed by atoms with van der Waals surface area (Å²) in [6.07, 6.45) is -0.576. The topological polar surface area (TPSA) is 110 Å². The van der Waals surface area contributed by atoms with E-state index >= 15 is 0 Å². The number of nitrogens with zero attached hydrogens (tertiary/aromatic N) is 2. The summed E-state index contributed by atoms with van der Waals surface area (Å²) in [5.74, 6) is 0. The fraction of sp³-hybridized carbons (Fsp3) is 0.500. The van der Waals surface area contributed by atoms with E-state index in [2.05, 4.69) is 0 Å². The van der Waals surface area contributed by atoms with Crippen LogP contribution in [-0.2, 0) is 14.8 Å². The molecule has 1 aliphatic heterocycles. The van der Waals surface area contributed by atoms with Crippen molar-refractivity contribution >= 4 is 15.7 Å². The van der Waals surface area contributed by atoms with E-state index in [0.29, 0.717) is 0 Å². The molecule has 1 N–H and O–H groups in total. The van der Waals surface area contributed by atoms with E-state index in [1.807, 2.05) is 0 Å². The largest absolute Gasteiger partial charge is 0.394 e. The zero-order chi connectivity index (χ0) is 15.6. The summed E-state index contributed by atoms with van der Waals surface area (Å²) in [6.45, 7) is 1.50. The molecule has 1 aromatic carbocycles. The average Bonchev–Trinajstić information content (AvgIpc) is 2.47. The van der Waals surface area contributed by atoms with Crippen LogP contribution in [0, 0.1) is 17.0 Å². The van der Waals surface area contributed by atoms with Gasteiger partial charge in [-0.1, -0.05) is 6.07 Å². The number of morpholine rings is 1. The Morgan fingerprint density at radius 2 is 2.24 bits per heavy atom. The maximum atomic E-state index is 12.6. The number of sulfonamides is 1. The van der Waals surface area contributed by atoms with E-state index in [-0.39, 0.29) is 42.4 Å². The molecular formula is C12H16N2O6S. The summed E-state index contributed by atoms with van der Waals surface area (Å²) in [7, 11) is -3.85. The van der Waals surface area contributed by atoms with Crippen molar-refractivity contribution in [2.24, 2.45) is 0 Å². The molecule has 1 aromatic rings. The number of rotatable bonds is 4. The molecule has 9 heteroatoms. The molecule has 0 bridgehead atoms. The van der Waals surface area contributed by atoms with Crippen LogP contribution in [0.15, 0.2) is 23.1 Å². The number of hydrogen-bond acceptors (Lipinski definition) is 6. The van der Waals surface area contributed by atoms with Crippen molar-refractivity contribution in [3.8, 4) is 0 Å². The minimum absolute atomic E-state index is 0.0287. The van der Waals surface area contributed by atoms with Crippen LogP contribution >= 0.6 is 0 Å². The lowest BCUT2D eigenvalue weighted by Gasteiger charge is -2.31. The molecule has 1 atom stereocenters. The van der Waals surface area contributed by atoms with Crippen molar-refractivity contribution in [3.63, 3.8) is 0 Å². The van der Waals surface area contributed by atoms with E-state index in [4.69, 9.17) is 9.84 Å². The van der Waals surface area contributed by atoms with Crippen molar-refractivity contribution in [1.82, 2.24) is 4.31 Å². The Kier molecular flexibility index (Phi) is 4.57. The third kappa shape index (κ3) is 3.05. The van der Waals surface area contributed by atoms with E-state index in [1.54, 1.807) is 0 Å². The van der Waals surface area contributed by atoms with Crippen molar-refractivity contribution in [2.75, 3.05) is 26.3 Å². The van der Waals surface area contributed by atoms with Gasteiger partial charge < -0.3 is 9.84 Å². The zero-order valence-electron chi connectivity index (χ0n) is 11.4. The highest BCUT2D eigenvalue weighted by molar-refractivity contribution is 7.89. The summed E-state index contributed by atoms with van der Waals surface area (Å²) in [5, 5.41) is 20.0. The molecule has 1 aliphatic rings. The van der Waals surface area contributed by atoms with Crippen LogP contribution in [0.3, 0.4) is 0 Å². The van der Waals surface area contributed by atoms with Crippen LogP contribution in [-0.4, -0.2) is 55.2 Å². The standard InChI is InChI=1S/C12H16N2O6S/c1-9-11(14(16)17)3-2-4-12(9)21(18,19)13-5-6-20-10(7-13)8-15/h2-4,10,15H,5-8H2,1H3. The molecule has 0 spiro atoms. The van der Waals surface area contributed by atoms with Crippen molar-refractivity contribution in [3.05, 3.63) is 33.9 Å². The Labute approximate surface area is 122 Å². The van der Waals surface area contributed by atoms with Gasteiger partial charge in [0.05, 0.1) is 29.1 Å². The molecule has 0 radical (unpaired) electrons. The van der Waals surface area contributed by atoms with E-state index in [9.17, 15) is 18.5 Å². The van der Waals surface area contributed by atoms with Crippen LogP contribution in [0.5, 0.6) is 0 Å². The Morgan fingerprint density at radius 1 is 1.52 bits per heavy atom. The molecule has 0 aromatic heterocycles. The van der Waals surface area contributed by atoms with Crippen molar-refractivity contribution in [2.45, 2.75) is 17.9 Å². The first-order valence-corrected chi connectivity index (χ1v) is 7.78. The zero-order valence-corrected chi connectivity index (χ0v) is 12.2. The predicted octanol–water partition coefficient (Wildman–Crippen LogP) is 0.285. The van der Waals surface area contributed by atoms with Gasteiger partial charge in [-0.3, -0.25) is 10.1 Å². The molecule has 1 unspecified atom stereocenters. The minimum atomic E-state index is -3.85. The fourth-order valence-corrected chi connectivity index (χ4v) is 3.94. The molecule has 1 heterocycles. The number of benzene rings is 1. The molecule has 2 rings (SSSR count). The van der Waals surface area contributed by atoms with Gasteiger partial charge in [-0.15, -0.1) is 0 Å². The summed E-state index contributed by atoms with van der Waals surface area (Å²) < 4.78 is 31.6. The van der Waals surface area contributed by atoms with Crippen LogP contribution in [0.4, 0.5) is 5.69 Å². The van der Waals surface area contributed by atoms with Crippen LogP contribution in [0.25, 0.3) is 0 Å². The number of ether oxygens (including phenoxy) is 1. The molecule has 1 saturated heterocycles. The first kappa shape index (κ1) is 15.8. The molecule has 0 aliphatic carbocycles. The number of aliphatic hydroxyl groups excluding tert-OH is 1. The van der Waals surface area contributed by atoms with Gasteiger partial charge in [0.25, 0.3) is 5.69 Å². The van der Waals surface area contributed by atoms with Crippen LogP contribution in [0.2, 0.25) is 0 Å². The molecule has 0 saturated carbocycles. The highest BCUT2D eigenvalue weighted by Gasteiger charge is 2.33. The number of hydrogen-bond donors (Lipinski definition) is 1. The van der Waals surface area contributed by atoms with E-state index in [0.717, 1.165) is 0 Å². The third-order valence-corrected chi connectivity index (χ3v) is 5.38. The predicted molar refractivity (Wildman–Crippen MR) is 73.4 cm³/mol. The molecule has 8 nitrogen and oxygen atoms in total. The highest BCUT2D eigenvalue weighted by atomic mass is 32.2. The second-order valence-corrected chi connectivity index (χ2v) is 6.60. The second-order valence-electron chi connectivity index (χ2n) is 4.70. The second kappa shape index (κ2) is 6.06. The third-order valence-electron chi connectivity index (χ3n) is 3.38. The number of aliphatic hydroxyl groups is 1. The lowest BCUT2D eigenvalue weighted by molar-refractivity contribution is -0.385. The van der Waals surface area contributed by atoms with Gasteiger partial charge in [-0.05, 0) is 13.0 Å². The smallest absolute Gasteiger partial charge is 0.273 e. The van der Waals surface area contributed by atoms with E-state index in [1.165, 1.54) is 29.4 Å². The maximum absolute atomic E-state index is 12.6. The Morgan fingerprint density at radius 3 is 2.86 bits per heavy atom. The van der Waals surface area contributed by atoms with Crippen molar-refractivity contribution in [1.29, 1.82) is 0 Å².